The number of nitrogens with zero attached hydrogens (tertiary/aromatic N) is 1. The zero-order valence-corrected chi connectivity index (χ0v) is 16.7. The molecule has 0 aliphatic carbocycles. The summed E-state index contributed by atoms with van der Waals surface area (Å²) >= 11 is 0. The summed E-state index contributed by atoms with van der Waals surface area (Å²) in [6, 6.07) is 34.4. The minimum Gasteiger partial charge on any atom is -0.343 e. The first kappa shape index (κ1) is 16.9. The van der Waals surface area contributed by atoms with E-state index in [1.54, 1.807) is 0 Å². The molecular formula is C29H19N. The van der Waals surface area contributed by atoms with Gasteiger partial charge < -0.3 is 4.57 Å². The van der Waals surface area contributed by atoms with Crippen LogP contribution in [0, 0.1) is 11.8 Å². The smallest absolute Gasteiger partial charge is 0.0568 e. The van der Waals surface area contributed by atoms with Gasteiger partial charge in [-0.15, -0.1) is 0 Å². The van der Waals surface area contributed by atoms with Gasteiger partial charge in [0.25, 0.3) is 0 Å². The van der Waals surface area contributed by atoms with E-state index in [1.807, 2.05) is 30.3 Å². The van der Waals surface area contributed by atoms with E-state index < -0.39 is 0 Å². The highest BCUT2D eigenvalue weighted by atomic mass is 14.9. The molecule has 0 atom stereocenters. The van der Waals surface area contributed by atoms with E-state index >= 15 is 0 Å². The molecular weight excluding hydrogens is 362 g/mol. The molecule has 0 spiro atoms. The minimum atomic E-state index is 1.04. The second-order valence-electron chi connectivity index (χ2n) is 7.79. The van der Waals surface area contributed by atoms with Crippen LogP contribution >= 0.6 is 0 Å². The quantitative estimate of drug-likeness (QED) is 0.196. The summed E-state index contributed by atoms with van der Waals surface area (Å²) < 4.78 is 2.32. The molecule has 0 unspecified atom stereocenters. The van der Waals surface area contributed by atoms with Crippen molar-refractivity contribution in [2.24, 2.45) is 7.05 Å². The van der Waals surface area contributed by atoms with Crippen LogP contribution in [0.25, 0.3) is 43.4 Å². The summed E-state index contributed by atoms with van der Waals surface area (Å²) in [6.45, 7) is 0. The van der Waals surface area contributed by atoms with Crippen molar-refractivity contribution in [3.8, 4) is 11.8 Å². The van der Waals surface area contributed by atoms with Crippen LogP contribution in [-0.2, 0) is 7.05 Å². The predicted molar refractivity (Wildman–Crippen MR) is 128 cm³/mol. The van der Waals surface area contributed by atoms with Gasteiger partial charge in [0.15, 0.2) is 0 Å². The van der Waals surface area contributed by atoms with Gasteiger partial charge in [-0.1, -0.05) is 66.4 Å². The number of hydrogen-bond acceptors (Lipinski definition) is 0. The van der Waals surface area contributed by atoms with Gasteiger partial charge in [0.1, 0.15) is 0 Å². The summed E-state index contributed by atoms with van der Waals surface area (Å²) in [6.07, 6.45) is 0. The Morgan fingerprint density at radius 3 is 2.10 bits per heavy atom. The maximum atomic E-state index is 3.33. The first-order valence-electron chi connectivity index (χ1n) is 10.2. The molecule has 0 N–H and O–H groups in total. The van der Waals surface area contributed by atoms with E-state index in [4.69, 9.17) is 0 Å². The Morgan fingerprint density at radius 1 is 0.533 bits per heavy atom. The zero-order valence-electron chi connectivity index (χ0n) is 16.7. The molecule has 0 aliphatic rings. The Labute approximate surface area is 175 Å². The van der Waals surface area contributed by atoms with Crippen molar-refractivity contribution in [1.82, 2.24) is 4.57 Å². The van der Waals surface area contributed by atoms with Crippen LogP contribution in [0.1, 0.15) is 11.1 Å². The maximum absolute atomic E-state index is 3.33. The number of aryl methyl sites for hydroxylation is 1. The molecule has 1 heterocycles. The van der Waals surface area contributed by atoms with Crippen molar-refractivity contribution >= 4 is 43.4 Å². The molecule has 0 saturated heterocycles. The highest BCUT2D eigenvalue weighted by Gasteiger charge is 2.12. The lowest BCUT2D eigenvalue weighted by Crippen LogP contribution is -1.88. The summed E-state index contributed by atoms with van der Waals surface area (Å²) in [5.41, 5.74) is 4.59. The van der Waals surface area contributed by atoms with Crippen LogP contribution < -0.4 is 0 Å². The van der Waals surface area contributed by atoms with E-state index in [0.29, 0.717) is 0 Å². The second kappa shape index (κ2) is 6.51. The van der Waals surface area contributed by atoms with Crippen molar-refractivity contribution in [3.63, 3.8) is 0 Å². The van der Waals surface area contributed by atoms with E-state index in [1.165, 1.54) is 43.4 Å². The van der Waals surface area contributed by atoms with Gasteiger partial charge in [0, 0.05) is 39.8 Å². The van der Waals surface area contributed by atoms with Gasteiger partial charge in [-0.05, 0) is 58.6 Å². The number of rotatable bonds is 0. The fourth-order valence-electron chi connectivity index (χ4n) is 4.48. The fourth-order valence-corrected chi connectivity index (χ4v) is 4.48. The van der Waals surface area contributed by atoms with Crippen LogP contribution in [-0.4, -0.2) is 4.57 Å². The van der Waals surface area contributed by atoms with Crippen molar-refractivity contribution in [2.45, 2.75) is 0 Å². The summed E-state index contributed by atoms with van der Waals surface area (Å²) in [7, 11) is 2.16. The van der Waals surface area contributed by atoms with E-state index in [-0.39, 0.29) is 0 Å². The third kappa shape index (κ3) is 2.59. The van der Waals surface area contributed by atoms with Crippen molar-refractivity contribution in [2.75, 3.05) is 0 Å². The Morgan fingerprint density at radius 2 is 1.27 bits per heavy atom. The van der Waals surface area contributed by atoms with E-state index in [0.717, 1.165) is 11.1 Å². The third-order valence-electron chi connectivity index (χ3n) is 5.97. The molecule has 0 fully saturated rings. The molecule has 0 amide bonds. The van der Waals surface area contributed by atoms with Crippen molar-refractivity contribution in [3.05, 3.63) is 108 Å². The fraction of sp³-hybridized carbons (Fsp3) is 0.0345. The highest BCUT2D eigenvalue weighted by Crippen LogP contribution is 2.35. The minimum absolute atomic E-state index is 1.04. The average molecular weight is 381 g/mol. The predicted octanol–water partition coefficient (Wildman–Crippen LogP) is 7.04. The molecule has 30 heavy (non-hydrogen) atoms. The van der Waals surface area contributed by atoms with Gasteiger partial charge in [0.2, 0.25) is 0 Å². The Balaban J connectivity index is 1.61. The molecule has 0 aliphatic heterocycles. The molecule has 1 aromatic heterocycles. The van der Waals surface area contributed by atoms with Crippen LogP contribution in [0.2, 0.25) is 0 Å². The van der Waals surface area contributed by atoms with Crippen molar-refractivity contribution < 1.29 is 0 Å². The van der Waals surface area contributed by atoms with E-state index in [9.17, 15) is 0 Å². The first-order valence-corrected chi connectivity index (χ1v) is 10.2. The lowest BCUT2D eigenvalue weighted by atomic mass is 10.0. The largest absolute Gasteiger partial charge is 0.343 e. The first-order chi connectivity index (χ1) is 14.8. The Hall–Kier alpha value is -4.02. The monoisotopic (exact) mass is 381 g/mol. The number of benzene rings is 5. The van der Waals surface area contributed by atoms with Crippen molar-refractivity contribution in [1.29, 1.82) is 0 Å². The molecule has 140 valence electrons. The summed E-state index contributed by atoms with van der Waals surface area (Å²) in [4.78, 5) is 0. The Kier molecular flexibility index (Phi) is 3.66. The third-order valence-corrected chi connectivity index (χ3v) is 5.97. The Bertz CT molecular complexity index is 1640. The summed E-state index contributed by atoms with van der Waals surface area (Å²) in [5.74, 6) is 6.60. The lowest BCUT2D eigenvalue weighted by Gasteiger charge is -2.06. The average Bonchev–Trinajstić information content (AvgIpc) is 3.09. The molecule has 0 saturated carbocycles. The van der Waals surface area contributed by atoms with Crippen LogP contribution in [0.5, 0.6) is 0 Å². The highest BCUT2D eigenvalue weighted by molar-refractivity contribution is 6.19. The lowest BCUT2D eigenvalue weighted by molar-refractivity contribution is 1.02. The van der Waals surface area contributed by atoms with Gasteiger partial charge in [-0.3, -0.25) is 0 Å². The molecule has 1 nitrogen and oxygen atoms in total. The van der Waals surface area contributed by atoms with Gasteiger partial charge in [-0.25, -0.2) is 0 Å². The molecule has 5 aromatic carbocycles. The van der Waals surface area contributed by atoms with Crippen LogP contribution in [0.3, 0.4) is 0 Å². The van der Waals surface area contributed by atoms with Gasteiger partial charge in [-0.2, -0.15) is 0 Å². The van der Waals surface area contributed by atoms with Crippen LogP contribution in [0.4, 0.5) is 0 Å². The zero-order chi connectivity index (χ0) is 20.1. The second-order valence-corrected chi connectivity index (χ2v) is 7.79. The molecule has 0 bridgehead atoms. The SMILES string of the molecule is Cn1c2ccc(C#Cc3ccccc3)cc2c2ccc3cc4ccccc4cc3c21. The van der Waals surface area contributed by atoms with E-state index in [2.05, 4.69) is 90.2 Å². The number of hydrogen-bond donors (Lipinski definition) is 0. The molecule has 0 radical (unpaired) electrons. The topological polar surface area (TPSA) is 4.93 Å². The normalized spacial score (nSPS) is 11.2. The standard InChI is InChI=1S/C29H19N/c1-30-28-16-13-21(12-11-20-7-3-2-4-8-20)17-27(28)25-15-14-24-18-22-9-5-6-10-23(22)19-26(24)29(25)30/h2-10,13-19H,1H3. The van der Waals surface area contributed by atoms with Gasteiger partial charge >= 0.3 is 0 Å². The van der Waals surface area contributed by atoms with Crippen LogP contribution in [0.15, 0.2) is 97.1 Å². The summed E-state index contributed by atoms with van der Waals surface area (Å²) in [5, 5.41) is 7.65. The maximum Gasteiger partial charge on any atom is 0.0568 e. The molecule has 6 aromatic rings. The molecule has 6 rings (SSSR count). The van der Waals surface area contributed by atoms with Gasteiger partial charge in [0.05, 0.1) is 5.52 Å². The number of fused-ring (bicyclic) bond motifs is 6. The number of aromatic nitrogens is 1. The molecule has 1 heteroatoms.